The molecule has 0 spiro atoms. The van der Waals surface area contributed by atoms with Crippen molar-refractivity contribution in [1.82, 2.24) is 14.8 Å². The molecule has 7 heteroatoms. The highest BCUT2D eigenvalue weighted by atomic mass is 35.5. The van der Waals surface area contributed by atoms with Crippen molar-refractivity contribution >= 4 is 23.1 Å². The molecule has 0 aliphatic heterocycles. The van der Waals surface area contributed by atoms with Crippen LogP contribution >= 0.6 is 11.6 Å². The molecule has 0 saturated carbocycles. The highest BCUT2D eigenvalue weighted by Gasteiger charge is 2.13. The Hall–Kier alpha value is -2.44. The van der Waals surface area contributed by atoms with E-state index in [-0.39, 0.29) is 17.3 Å². The highest BCUT2D eigenvalue weighted by molar-refractivity contribution is 6.31. The summed E-state index contributed by atoms with van der Waals surface area (Å²) in [5, 5.41) is 16.7. The standard InChI is InChI=1S/C18H18ClFN4O/c1-12-10-14(7-8-21-12)24-13(4-3-9-25)11-17(23-24)22-16-6-2-5-15(19)18(16)20/h2,5-8,10-11,25H,3-4,9H2,1H3,(H,22,23). The number of aryl methyl sites for hydroxylation is 2. The van der Waals surface area contributed by atoms with Gasteiger partial charge in [-0.2, -0.15) is 0 Å². The second-order valence-electron chi connectivity index (χ2n) is 5.64. The van der Waals surface area contributed by atoms with Gasteiger partial charge in [0.1, 0.15) is 0 Å². The van der Waals surface area contributed by atoms with Crippen molar-refractivity contribution in [3.05, 3.63) is 64.8 Å². The van der Waals surface area contributed by atoms with E-state index in [1.54, 1.807) is 23.0 Å². The first-order chi connectivity index (χ1) is 12.1. The third kappa shape index (κ3) is 3.97. The summed E-state index contributed by atoms with van der Waals surface area (Å²) < 4.78 is 15.9. The lowest BCUT2D eigenvalue weighted by atomic mass is 10.2. The topological polar surface area (TPSA) is 63.0 Å². The van der Waals surface area contributed by atoms with Gasteiger partial charge in [-0.15, -0.1) is 5.10 Å². The molecular formula is C18H18ClFN4O. The Kier molecular flexibility index (Phi) is 5.31. The number of anilines is 2. The molecular weight excluding hydrogens is 343 g/mol. The van der Waals surface area contributed by atoms with Gasteiger partial charge in [0.25, 0.3) is 0 Å². The fourth-order valence-corrected chi connectivity index (χ4v) is 2.72. The molecule has 3 aromatic rings. The fourth-order valence-electron chi connectivity index (χ4n) is 2.54. The summed E-state index contributed by atoms with van der Waals surface area (Å²) >= 11 is 5.82. The van der Waals surface area contributed by atoms with Crippen LogP contribution in [0.15, 0.2) is 42.6 Å². The predicted molar refractivity (Wildman–Crippen MR) is 96.2 cm³/mol. The molecule has 0 amide bonds. The van der Waals surface area contributed by atoms with Gasteiger partial charge in [-0.25, -0.2) is 9.07 Å². The zero-order chi connectivity index (χ0) is 17.8. The summed E-state index contributed by atoms with van der Waals surface area (Å²) in [5.41, 5.74) is 2.90. The summed E-state index contributed by atoms with van der Waals surface area (Å²) in [4.78, 5) is 4.19. The number of nitrogens with zero attached hydrogens (tertiary/aromatic N) is 3. The van der Waals surface area contributed by atoms with Gasteiger partial charge in [-0.05, 0) is 44.0 Å². The number of aromatic nitrogens is 3. The minimum Gasteiger partial charge on any atom is -0.396 e. The Balaban J connectivity index is 1.97. The van der Waals surface area contributed by atoms with Gasteiger partial charge < -0.3 is 10.4 Å². The van der Waals surface area contributed by atoms with Crippen LogP contribution in [0.3, 0.4) is 0 Å². The molecule has 0 atom stereocenters. The van der Waals surface area contributed by atoms with Crippen LogP contribution in [0.2, 0.25) is 5.02 Å². The second-order valence-corrected chi connectivity index (χ2v) is 6.05. The Morgan fingerprint density at radius 2 is 2.12 bits per heavy atom. The number of nitrogens with one attached hydrogen (secondary N) is 1. The molecule has 2 N–H and O–H groups in total. The highest BCUT2D eigenvalue weighted by Crippen LogP contribution is 2.26. The summed E-state index contributed by atoms with van der Waals surface area (Å²) in [5.74, 6) is -0.0149. The van der Waals surface area contributed by atoms with Gasteiger partial charge in [0.05, 0.1) is 16.4 Å². The smallest absolute Gasteiger partial charge is 0.165 e. The summed E-state index contributed by atoms with van der Waals surface area (Å²) in [6, 6.07) is 10.4. The Morgan fingerprint density at radius 1 is 1.28 bits per heavy atom. The van der Waals surface area contributed by atoms with Gasteiger partial charge in [0.15, 0.2) is 11.6 Å². The van der Waals surface area contributed by atoms with Crippen LogP contribution in [0.25, 0.3) is 5.69 Å². The quantitative estimate of drug-likeness (QED) is 0.696. The van der Waals surface area contributed by atoms with Crippen LogP contribution in [0.1, 0.15) is 17.8 Å². The van der Waals surface area contributed by atoms with E-state index in [1.165, 1.54) is 6.07 Å². The van der Waals surface area contributed by atoms with Crippen molar-refractivity contribution < 1.29 is 9.50 Å². The van der Waals surface area contributed by atoms with Gasteiger partial charge in [0, 0.05) is 30.3 Å². The van der Waals surface area contributed by atoms with Gasteiger partial charge in [-0.3, -0.25) is 4.98 Å². The van der Waals surface area contributed by atoms with Crippen molar-refractivity contribution in [2.75, 3.05) is 11.9 Å². The van der Waals surface area contributed by atoms with Crippen LogP contribution in [-0.2, 0) is 6.42 Å². The number of aliphatic hydroxyl groups is 1. The summed E-state index contributed by atoms with van der Waals surface area (Å²) in [6.45, 7) is 1.99. The van der Waals surface area contributed by atoms with E-state index in [0.717, 1.165) is 17.1 Å². The van der Waals surface area contributed by atoms with Crippen LogP contribution in [0.4, 0.5) is 15.9 Å². The van der Waals surface area contributed by atoms with Gasteiger partial charge >= 0.3 is 0 Å². The van der Waals surface area contributed by atoms with Crippen molar-refractivity contribution in [2.24, 2.45) is 0 Å². The summed E-state index contributed by atoms with van der Waals surface area (Å²) in [7, 11) is 0. The lowest BCUT2D eigenvalue weighted by Gasteiger charge is -2.07. The number of rotatable bonds is 6. The third-order valence-electron chi connectivity index (χ3n) is 3.71. The molecule has 0 saturated heterocycles. The van der Waals surface area contributed by atoms with Crippen LogP contribution in [-0.4, -0.2) is 26.5 Å². The molecule has 0 radical (unpaired) electrons. The minimum atomic E-state index is -0.518. The number of hydrogen-bond donors (Lipinski definition) is 2. The largest absolute Gasteiger partial charge is 0.396 e. The van der Waals surface area contributed by atoms with Gasteiger partial charge in [0.2, 0.25) is 0 Å². The lowest BCUT2D eigenvalue weighted by molar-refractivity contribution is 0.287. The molecule has 130 valence electrons. The van der Waals surface area contributed by atoms with Crippen LogP contribution in [0, 0.1) is 12.7 Å². The third-order valence-corrected chi connectivity index (χ3v) is 4.01. The summed E-state index contributed by atoms with van der Waals surface area (Å²) in [6.07, 6.45) is 2.97. The molecule has 1 aromatic carbocycles. The second kappa shape index (κ2) is 7.63. The molecule has 2 heterocycles. The number of hydrogen-bond acceptors (Lipinski definition) is 4. The molecule has 0 unspecified atom stereocenters. The molecule has 0 aliphatic rings. The first-order valence-corrected chi connectivity index (χ1v) is 8.30. The monoisotopic (exact) mass is 360 g/mol. The minimum absolute atomic E-state index is 0.0506. The predicted octanol–water partition coefficient (Wildman–Crippen LogP) is 4.04. The molecule has 0 bridgehead atoms. The Bertz CT molecular complexity index is 881. The number of halogens is 2. The average Bonchev–Trinajstić information content (AvgIpc) is 3.00. The van der Waals surface area contributed by atoms with E-state index in [0.29, 0.717) is 18.7 Å². The zero-order valence-corrected chi connectivity index (χ0v) is 14.5. The molecule has 0 fully saturated rings. The molecule has 5 nitrogen and oxygen atoms in total. The maximum Gasteiger partial charge on any atom is 0.165 e. The molecule has 2 aromatic heterocycles. The molecule has 25 heavy (non-hydrogen) atoms. The fraction of sp³-hybridized carbons (Fsp3) is 0.222. The normalized spacial score (nSPS) is 10.9. The van der Waals surface area contributed by atoms with Crippen molar-refractivity contribution in [3.63, 3.8) is 0 Å². The van der Waals surface area contributed by atoms with Crippen LogP contribution < -0.4 is 5.32 Å². The van der Waals surface area contributed by atoms with Gasteiger partial charge in [-0.1, -0.05) is 17.7 Å². The molecule has 3 rings (SSSR count). The average molecular weight is 361 g/mol. The number of pyridine rings is 1. The molecule has 0 aliphatic carbocycles. The first kappa shape index (κ1) is 17.4. The maximum absolute atomic E-state index is 14.1. The van der Waals surface area contributed by atoms with Crippen molar-refractivity contribution in [2.45, 2.75) is 19.8 Å². The lowest BCUT2D eigenvalue weighted by Crippen LogP contribution is -2.04. The van der Waals surface area contributed by atoms with E-state index in [9.17, 15) is 4.39 Å². The van der Waals surface area contributed by atoms with Crippen molar-refractivity contribution in [3.8, 4) is 5.69 Å². The Labute approximate surface area is 150 Å². The first-order valence-electron chi connectivity index (χ1n) is 7.92. The number of aliphatic hydroxyl groups excluding tert-OH is 1. The SMILES string of the molecule is Cc1cc(-n2nc(Nc3cccc(Cl)c3F)cc2CCCO)ccn1. The van der Waals surface area contributed by atoms with E-state index in [1.807, 2.05) is 25.1 Å². The Morgan fingerprint density at radius 3 is 2.88 bits per heavy atom. The van der Waals surface area contributed by atoms with E-state index in [2.05, 4.69) is 15.4 Å². The van der Waals surface area contributed by atoms with E-state index < -0.39 is 5.82 Å². The maximum atomic E-state index is 14.1. The van der Waals surface area contributed by atoms with E-state index >= 15 is 0 Å². The number of benzene rings is 1. The van der Waals surface area contributed by atoms with Crippen molar-refractivity contribution in [1.29, 1.82) is 0 Å². The van der Waals surface area contributed by atoms with Crippen LogP contribution in [0.5, 0.6) is 0 Å². The van der Waals surface area contributed by atoms with E-state index in [4.69, 9.17) is 16.7 Å². The zero-order valence-electron chi connectivity index (χ0n) is 13.7.